The minimum atomic E-state index is -0.327. The Morgan fingerprint density at radius 3 is 3.12 bits per heavy atom. The number of amides is 1. The molecule has 0 saturated carbocycles. The van der Waals surface area contributed by atoms with Gasteiger partial charge in [0.05, 0.1) is 7.11 Å². The smallest absolute Gasteiger partial charge is 0.272 e. The lowest BCUT2D eigenvalue weighted by atomic mass is 10.0. The summed E-state index contributed by atoms with van der Waals surface area (Å²) in [5.74, 6) is 0.643. The Labute approximate surface area is 92.6 Å². The predicted molar refractivity (Wildman–Crippen MR) is 61.9 cm³/mol. The number of nitrogens with zero attached hydrogens (tertiary/aromatic N) is 1. The number of fused-ring (bicyclic) bond motifs is 3. The average Bonchev–Trinajstić information content (AvgIpc) is 2.68. The van der Waals surface area contributed by atoms with Crippen LogP contribution in [-0.2, 0) is 4.79 Å². The number of nitrogens with one attached hydrogen (secondary N) is 1. The van der Waals surface area contributed by atoms with Gasteiger partial charge in [-0.15, -0.1) is 0 Å². The molecule has 16 heavy (non-hydrogen) atoms. The first-order valence-corrected chi connectivity index (χ1v) is 5.02. The fraction of sp³-hybridized carbons (Fsp3) is 0.167. The lowest BCUT2D eigenvalue weighted by Gasteiger charge is -2.11. The maximum atomic E-state index is 11.6. The third-order valence-corrected chi connectivity index (χ3v) is 2.85. The highest BCUT2D eigenvalue weighted by Gasteiger charge is 2.32. The minimum Gasteiger partial charge on any atom is -0.497 e. The minimum absolute atomic E-state index is 0.146. The first-order valence-electron chi connectivity index (χ1n) is 5.02. The highest BCUT2D eigenvalue weighted by Crippen LogP contribution is 2.38. The van der Waals surface area contributed by atoms with Crippen LogP contribution in [0.4, 0.5) is 5.69 Å². The molecule has 1 amide bonds. The molecule has 2 aliphatic rings. The van der Waals surface area contributed by atoms with Crippen molar-refractivity contribution in [2.75, 3.05) is 12.4 Å². The van der Waals surface area contributed by atoms with E-state index in [-0.39, 0.29) is 11.9 Å². The third-order valence-electron chi connectivity index (χ3n) is 2.85. The fourth-order valence-corrected chi connectivity index (χ4v) is 2.05. The maximum absolute atomic E-state index is 11.6. The molecule has 2 aliphatic heterocycles. The van der Waals surface area contributed by atoms with E-state index in [0.29, 0.717) is 0 Å². The number of hydrogen-bond acceptors (Lipinski definition) is 3. The molecule has 3 rings (SSSR count). The molecule has 1 aromatic rings. The Hall–Kier alpha value is -2.10. The van der Waals surface area contributed by atoms with E-state index in [1.165, 1.54) is 0 Å². The van der Waals surface area contributed by atoms with Crippen molar-refractivity contribution in [1.82, 2.24) is 0 Å². The van der Waals surface area contributed by atoms with Gasteiger partial charge < -0.3 is 10.1 Å². The third kappa shape index (κ3) is 1.16. The molecule has 2 heterocycles. The average molecular weight is 214 g/mol. The highest BCUT2D eigenvalue weighted by atomic mass is 16.5. The number of aliphatic imine (C=N–C) groups is 1. The Bertz CT molecular complexity index is 532. The van der Waals surface area contributed by atoms with Crippen molar-refractivity contribution in [2.24, 2.45) is 4.99 Å². The number of rotatable bonds is 1. The summed E-state index contributed by atoms with van der Waals surface area (Å²) in [6.45, 7) is 0. The normalized spacial score (nSPS) is 20.9. The van der Waals surface area contributed by atoms with Crippen molar-refractivity contribution in [1.29, 1.82) is 0 Å². The van der Waals surface area contributed by atoms with Gasteiger partial charge in [0.2, 0.25) is 0 Å². The van der Waals surface area contributed by atoms with Gasteiger partial charge in [0.1, 0.15) is 11.8 Å². The second kappa shape index (κ2) is 3.20. The fourth-order valence-electron chi connectivity index (χ4n) is 2.05. The van der Waals surface area contributed by atoms with Gasteiger partial charge in [0.25, 0.3) is 5.91 Å². The van der Waals surface area contributed by atoms with Gasteiger partial charge in [-0.1, -0.05) is 0 Å². The van der Waals surface area contributed by atoms with Crippen LogP contribution in [0.3, 0.4) is 0 Å². The van der Waals surface area contributed by atoms with Gasteiger partial charge in [0.15, 0.2) is 0 Å². The molecule has 4 nitrogen and oxygen atoms in total. The first kappa shape index (κ1) is 9.15. The second-order valence-corrected chi connectivity index (χ2v) is 3.73. The zero-order valence-corrected chi connectivity index (χ0v) is 8.73. The summed E-state index contributed by atoms with van der Waals surface area (Å²) >= 11 is 0. The Morgan fingerprint density at radius 2 is 2.31 bits per heavy atom. The second-order valence-electron chi connectivity index (χ2n) is 3.73. The van der Waals surface area contributed by atoms with Crippen LogP contribution in [-0.4, -0.2) is 25.3 Å². The number of ether oxygens (including phenoxy) is 1. The van der Waals surface area contributed by atoms with E-state index in [0.717, 1.165) is 22.6 Å². The van der Waals surface area contributed by atoms with Gasteiger partial charge in [0, 0.05) is 17.5 Å². The van der Waals surface area contributed by atoms with Crippen molar-refractivity contribution in [3.05, 3.63) is 29.8 Å². The lowest BCUT2D eigenvalue weighted by Crippen LogP contribution is -2.26. The van der Waals surface area contributed by atoms with Crippen LogP contribution in [0.1, 0.15) is 5.56 Å². The van der Waals surface area contributed by atoms with E-state index in [1.807, 2.05) is 24.3 Å². The molecule has 1 N–H and O–H groups in total. The molecule has 0 aromatic heterocycles. The number of anilines is 1. The van der Waals surface area contributed by atoms with E-state index >= 15 is 0 Å². The molecule has 1 unspecified atom stereocenters. The Morgan fingerprint density at radius 1 is 1.44 bits per heavy atom. The monoisotopic (exact) mass is 214 g/mol. The number of benzene rings is 1. The van der Waals surface area contributed by atoms with Crippen molar-refractivity contribution in [3.63, 3.8) is 0 Å². The van der Waals surface area contributed by atoms with Crippen LogP contribution in [0.2, 0.25) is 0 Å². The van der Waals surface area contributed by atoms with Crippen molar-refractivity contribution < 1.29 is 9.53 Å². The van der Waals surface area contributed by atoms with Gasteiger partial charge in [-0.3, -0.25) is 4.79 Å². The molecular formula is C12H10N2O2. The summed E-state index contributed by atoms with van der Waals surface area (Å²) in [6, 6.07) is 5.39. The number of methoxy groups -OCH3 is 1. The van der Waals surface area contributed by atoms with Crippen LogP contribution in [0.5, 0.6) is 5.75 Å². The number of dihydropyridines is 1. The molecule has 0 aliphatic carbocycles. The molecule has 0 fully saturated rings. The zero-order chi connectivity index (χ0) is 11.1. The first-order chi connectivity index (χ1) is 7.79. The summed E-state index contributed by atoms with van der Waals surface area (Å²) in [7, 11) is 1.63. The zero-order valence-electron chi connectivity index (χ0n) is 8.73. The molecule has 80 valence electrons. The van der Waals surface area contributed by atoms with E-state index in [2.05, 4.69) is 10.3 Å². The molecule has 1 aromatic carbocycles. The standard InChI is InChI=1S/C12H10N2O2/c1-16-7-2-3-10-9(6-7)8-4-5-13-12(15)11(8)14-10/h2-6,11,14H,1H3. The van der Waals surface area contributed by atoms with E-state index in [4.69, 9.17) is 4.74 Å². The molecule has 0 radical (unpaired) electrons. The van der Waals surface area contributed by atoms with Crippen molar-refractivity contribution in [3.8, 4) is 5.75 Å². The van der Waals surface area contributed by atoms with Gasteiger partial charge in [-0.05, 0) is 29.8 Å². The highest BCUT2D eigenvalue weighted by molar-refractivity contribution is 6.13. The summed E-state index contributed by atoms with van der Waals surface area (Å²) < 4.78 is 5.17. The van der Waals surface area contributed by atoms with Crippen LogP contribution in [0.15, 0.2) is 29.3 Å². The summed E-state index contributed by atoms with van der Waals surface area (Å²) in [5, 5.41) is 3.15. The maximum Gasteiger partial charge on any atom is 0.272 e. The molecule has 0 saturated heterocycles. The van der Waals surface area contributed by atoms with E-state index in [9.17, 15) is 4.79 Å². The molecule has 4 heteroatoms. The lowest BCUT2D eigenvalue weighted by molar-refractivity contribution is -0.117. The molecular weight excluding hydrogens is 204 g/mol. The van der Waals surface area contributed by atoms with Gasteiger partial charge in [-0.25, -0.2) is 4.99 Å². The quantitative estimate of drug-likeness (QED) is 0.770. The van der Waals surface area contributed by atoms with Gasteiger partial charge >= 0.3 is 0 Å². The van der Waals surface area contributed by atoms with Crippen molar-refractivity contribution in [2.45, 2.75) is 6.04 Å². The van der Waals surface area contributed by atoms with Crippen molar-refractivity contribution >= 4 is 23.4 Å². The Kier molecular flexibility index (Phi) is 1.83. The number of hydrogen-bond donors (Lipinski definition) is 1. The van der Waals surface area contributed by atoms with Crippen LogP contribution < -0.4 is 10.1 Å². The van der Waals surface area contributed by atoms with Crippen LogP contribution in [0.25, 0.3) is 5.57 Å². The number of carbonyl (C=O) groups is 1. The summed E-state index contributed by atoms with van der Waals surface area (Å²) in [6.07, 6.45) is 3.41. The molecule has 1 atom stereocenters. The Balaban J connectivity index is 2.13. The topological polar surface area (TPSA) is 50.7 Å². The number of allylic oxidation sites excluding steroid dienone is 1. The van der Waals surface area contributed by atoms with Crippen LogP contribution in [0, 0.1) is 0 Å². The number of carbonyl (C=O) groups excluding carboxylic acids is 1. The SMILES string of the molecule is COc1ccc2c(c1)C1=CC=NC(=O)C1N2. The summed E-state index contributed by atoms with van der Waals surface area (Å²) in [4.78, 5) is 15.3. The molecule has 0 bridgehead atoms. The van der Waals surface area contributed by atoms with Gasteiger partial charge in [-0.2, -0.15) is 0 Å². The summed E-state index contributed by atoms with van der Waals surface area (Å²) in [5.41, 5.74) is 2.94. The van der Waals surface area contributed by atoms with E-state index in [1.54, 1.807) is 13.3 Å². The largest absolute Gasteiger partial charge is 0.497 e. The molecule has 0 spiro atoms. The van der Waals surface area contributed by atoms with Crippen LogP contribution >= 0.6 is 0 Å². The predicted octanol–water partition coefficient (Wildman–Crippen LogP) is 1.48. The van der Waals surface area contributed by atoms with E-state index < -0.39 is 0 Å².